The molecule has 2 heterocycles. The average Bonchev–Trinajstić information content (AvgIpc) is 2.25. The zero-order chi connectivity index (χ0) is 11.5. The molecular weight excluding hydrogens is 224 g/mol. The average molecular weight is 239 g/mol. The van der Waals surface area contributed by atoms with Gasteiger partial charge in [-0.25, -0.2) is 0 Å². The van der Waals surface area contributed by atoms with Gasteiger partial charge in [0.15, 0.2) is 0 Å². The number of hydrogen-bond donors (Lipinski definition) is 0. The molecule has 0 saturated carbocycles. The van der Waals surface area contributed by atoms with E-state index in [9.17, 15) is 4.79 Å². The topological polar surface area (TPSA) is 33.2 Å². The van der Waals surface area contributed by atoms with Crippen molar-refractivity contribution in [3.8, 4) is 0 Å². The minimum absolute atomic E-state index is 0.146. The number of piperidine rings is 1. The summed E-state index contributed by atoms with van der Waals surface area (Å²) in [6, 6.07) is 3.56. The van der Waals surface area contributed by atoms with Gasteiger partial charge in [-0.2, -0.15) is 0 Å². The molecule has 86 valence electrons. The maximum absolute atomic E-state index is 11.9. The summed E-state index contributed by atoms with van der Waals surface area (Å²) in [6.45, 7) is 3.39. The van der Waals surface area contributed by atoms with Crippen molar-refractivity contribution in [1.29, 1.82) is 0 Å². The number of halogens is 1. The molecule has 1 aliphatic heterocycles. The maximum atomic E-state index is 11.9. The Labute approximate surface area is 100 Å². The van der Waals surface area contributed by atoms with Crippen LogP contribution in [0.2, 0.25) is 5.02 Å². The summed E-state index contributed by atoms with van der Waals surface area (Å²) in [5.74, 6) is 0.376. The fraction of sp³-hybridized carbons (Fsp3) is 0.500. The summed E-state index contributed by atoms with van der Waals surface area (Å²) >= 11 is 5.88. The summed E-state index contributed by atoms with van der Waals surface area (Å²) in [6.07, 6.45) is 3.75. The van der Waals surface area contributed by atoms with Crippen molar-refractivity contribution >= 4 is 17.5 Å². The molecule has 0 aliphatic carbocycles. The highest BCUT2D eigenvalue weighted by Crippen LogP contribution is 2.19. The van der Waals surface area contributed by atoms with E-state index in [0.29, 0.717) is 11.6 Å². The zero-order valence-corrected chi connectivity index (χ0v) is 10.1. The van der Waals surface area contributed by atoms with E-state index in [1.54, 1.807) is 12.3 Å². The minimum Gasteiger partial charge on any atom is -0.337 e. The van der Waals surface area contributed by atoms with Crippen LogP contribution < -0.4 is 0 Å². The van der Waals surface area contributed by atoms with E-state index in [1.165, 1.54) is 0 Å². The van der Waals surface area contributed by atoms with Gasteiger partial charge in [0, 0.05) is 23.7 Å². The molecule has 4 heteroatoms. The van der Waals surface area contributed by atoms with Crippen molar-refractivity contribution < 1.29 is 4.79 Å². The number of likely N-dealkylation sites (tertiary alicyclic amines) is 1. The molecule has 0 radical (unpaired) electrons. The molecule has 3 nitrogen and oxygen atoms in total. The van der Waals surface area contributed by atoms with Gasteiger partial charge >= 0.3 is 0 Å². The zero-order valence-electron chi connectivity index (χ0n) is 9.32. The number of nitrogens with zero attached hydrogens (tertiary/aromatic N) is 2. The lowest BCUT2D eigenvalue weighted by Crippen LogP contribution is -2.39. The monoisotopic (exact) mass is 238 g/mol. The maximum Gasteiger partial charge on any atom is 0.225 e. The van der Waals surface area contributed by atoms with Gasteiger partial charge in [0.25, 0.3) is 0 Å². The van der Waals surface area contributed by atoms with Crippen LogP contribution in [0.5, 0.6) is 0 Å². The number of pyridine rings is 1. The van der Waals surface area contributed by atoms with Crippen LogP contribution in [0.25, 0.3) is 0 Å². The molecule has 0 spiro atoms. The Morgan fingerprint density at radius 3 is 3.19 bits per heavy atom. The lowest BCUT2D eigenvalue weighted by atomic mass is 9.99. The second-order valence-electron chi connectivity index (χ2n) is 4.27. The molecular formula is C12H15ClN2O. The fourth-order valence-electron chi connectivity index (χ4n) is 2.02. The second kappa shape index (κ2) is 4.83. The molecule has 1 atom stereocenters. The molecule has 16 heavy (non-hydrogen) atoms. The number of carbonyl (C=O) groups is 1. The Bertz CT molecular complexity index is 394. The van der Waals surface area contributed by atoms with Crippen molar-refractivity contribution in [2.75, 3.05) is 6.54 Å². The van der Waals surface area contributed by atoms with Crippen molar-refractivity contribution in [2.45, 2.75) is 26.3 Å². The highest BCUT2D eigenvalue weighted by atomic mass is 35.5. The van der Waals surface area contributed by atoms with Crippen molar-refractivity contribution in [3.05, 3.63) is 29.0 Å². The van der Waals surface area contributed by atoms with Crippen molar-refractivity contribution in [1.82, 2.24) is 9.88 Å². The van der Waals surface area contributed by atoms with E-state index in [0.717, 1.165) is 25.1 Å². The van der Waals surface area contributed by atoms with Crippen LogP contribution >= 0.6 is 11.6 Å². The summed E-state index contributed by atoms with van der Waals surface area (Å²) in [4.78, 5) is 18.0. The standard InChI is InChI=1S/C12H15ClN2O/c1-9-3-2-6-15(12(9)16)8-11-7-10(13)4-5-14-11/h4-5,7,9H,2-3,6,8H2,1H3. The van der Waals surface area contributed by atoms with E-state index in [1.807, 2.05) is 17.9 Å². The molecule has 0 aromatic carbocycles. The highest BCUT2D eigenvalue weighted by Gasteiger charge is 2.25. The predicted octanol–water partition coefficient (Wildman–Crippen LogP) is 2.49. The smallest absolute Gasteiger partial charge is 0.225 e. The molecule has 1 fully saturated rings. The lowest BCUT2D eigenvalue weighted by Gasteiger charge is -2.30. The number of aromatic nitrogens is 1. The van der Waals surface area contributed by atoms with Gasteiger partial charge in [0.05, 0.1) is 12.2 Å². The van der Waals surface area contributed by atoms with Gasteiger partial charge in [-0.15, -0.1) is 0 Å². The first kappa shape index (κ1) is 11.4. The first-order valence-corrected chi connectivity index (χ1v) is 5.94. The molecule has 1 aromatic heterocycles. The molecule has 1 saturated heterocycles. The molecule has 1 amide bonds. The summed E-state index contributed by atoms with van der Waals surface area (Å²) in [5.41, 5.74) is 0.856. The van der Waals surface area contributed by atoms with Crippen molar-refractivity contribution in [2.24, 2.45) is 5.92 Å². The number of hydrogen-bond acceptors (Lipinski definition) is 2. The number of rotatable bonds is 2. The Hall–Kier alpha value is -1.09. The van der Waals surface area contributed by atoms with Crippen LogP contribution in [0.1, 0.15) is 25.5 Å². The third kappa shape index (κ3) is 2.53. The fourth-order valence-corrected chi connectivity index (χ4v) is 2.20. The van der Waals surface area contributed by atoms with E-state index >= 15 is 0 Å². The van der Waals surface area contributed by atoms with Crippen LogP contribution in [0.4, 0.5) is 0 Å². The number of amides is 1. The molecule has 1 unspecified atom stereocenters. The molecule has 1 aliphatic rings. The van der Waals surface area contributed by atoms with Gasteiger partial charge in [0.1, 0.15) is 0 Å². The van der Waals surface area contributed by atoms with Gasteiger partial charge in [-0.3, -0.25) is 9.78 Å². The van der Waals surface area contributed by atoms with Gasteiger partial charge in [-0.05, 0) is 25.0 Å². The van der Waals surface area contributed by atoms with Gasteiger partial charge in [-0.1, -0.05) is 18.5 Å². The number of carbonyl (C=O) groups excluding carboxylic acids is 1. The SMILES string of the molecule is CC1CCCN(Cc2cc(Cl)ccn2)C1=O. The van der Waals surface area contributed by atoms with E-state index in [2.05, 4.69) is 4.98 Å². The largest absolute Gasteiger partial charge is 0.337 e. The van der Waals surface area contributed by atoms with Crippen LogP contribution in [0.15, 0.2) is 18.3 Å². The quantitative estimate of drug-likeness (QED) is 0.793. The van der Waals surface area contributed by atoms with E-state index in [4.69, 9.17) is 11.6 Å². The summed E-state index contributed by atoms with van der Waals surface area (Å²) in [5, 5.41) is 0.669. The lowest BCUT2D eigenvalue weighted by molar-refractivity contribution is -0.138. The molecule has 2 rings (SSSR count). The third-order valence-corrected chi connectivity index (χ3v) is 3.16. The Morgan fingerprint density at radius 1 is 1.62 bits per heavy atom. The molecule has 0 bridgehead atoms. The summed E-state index contributed by atoms with van der Waals surface area (Å²) < 4.78 is 0. The Balaban J connectivity index is 2.06. The Morgan fingerprint density at radius 2 is 2.44 bits per heavy atom. The minimum atomic E-state index is 0.146. The normalized spacial score (nSPS) is 21.2. The predicted molar refractivity (Wildman–Crippen MR) is 63.1 cm³/mol. The van der Waals surface area contributed by atoms with Crippen molar-refractivity contribution in [3.63, 3.8) is 0 Å². The van der Waals surface area contributed by atoms with Gasteiger partial charge in [0.2, 0.25) is 5.91 Å². The van der Waals surface area contributed by atoms with Gasteiger partial charge < -0.3 is 4.90 Å². The third-order valence-electron chi connectivity index (χ3n) is 2.93. The van der Waals surface area contributed by atoms with Crippen LogP contribution in [-0.2, 0) is 11.3 Å². The Kier molecular flexibility index (Phi) is 3.44. The van der Waals surface area contributed by atoms with E-state index < -0.39 is 0 Å². The molecule has 1 aromatic rings. The van der Waals surface area contributed by atoms with Crippen LogP contribution in [-0.4, -0.2) is 22.3 Å². The van der Waals surface area contributed by atoms with Crippen LogP contribution in [0.3, 0.4) is 0 Å². The summed E-state index contributed by atoms with van der Waals surface area (Å²) in [7, 11) is 0. The first-order chi connectivity index (χ1) is 7.66. The van der Waals surface area contributed by atoms with E-state index in [-0.39, 0.29) is 11.8 Å². The van der Waals surface area contributed by atoms with Crippen LogP contribution in [0, 0.1) is 5.92 Å². The first-order valence-electron chi connectivity index (χ1n) is 5.56. The molecule has 0 N–H and O–H groups in total. The highest BCUT2D eigenvalue weighted by molar-refractivity contribution is 6.30. The second-order valence-corrected chi connectivity index (χ2v) is 4.70.